The minimum absolute atomic E-state index is 0.890. The highest BCUT2D eigenvalue weighted by Gasteiger charge is 2.43. The molecule has 0 unspecified atom stereocenters. The van der Waals surface area contributed by atoms with E-state index in [1.165, 1.54) is 212 Å². The van der Waals surface area contributed by atoms with Gasteiger partial charge in [-0.05, 0) is 253 Å². The third-order valence-electron chi connectivity index (χ3n) is 25.5. The van der Waals surface area contributed by atoms with Crippen molar-refractivity contribution in [2.75, 3.05) is 19.6 Å². The van der Waals surface area contributed by atoms with Crippen LogP contribution in [0.25, 0.3) is 44.5 Å². The maximum Gasteiger partial charge on any atom is 0.142 e. The molecule has 0 N–H and O–H groups in total. The SMILES string of the molecule is c1ccc2c(c1)Cc1cc3c4c(c1-2)Cc1cccnc1N4c1cccnc1C3.c1ccc2c(c1)Cc1cc3c4c(c1-2)Cc1cccnc1N4c1ccncc1C3.c1ccc2c(c1)Cc1cc3c4c(c1-2)Cc1cccnc1N4c1cnccc1C3.c1ccc2c(c1)Cc1cc3c4c(c1-2)Cc1cccnc1N4c1ncccc1C3. The minimum Gasteiger partial charge on any atom is -0.294 e. The summed E-state index contributed by atoms with van der Waals surface area (Å²) in [4.78, 5) is 46.8. The summed E-state index contributed by atoms with van der Waals surface area (Å²) in [6.07, 6.45) is 30.8. The summed E-state index contributed by atoms with van der Waals surface area (Å²) in [6, 6.07) is 75.0. The molecule has 4 aliphatic carbocycles. The molecule has 8 aliphatic heterocycles. The van der Waals surface area contributed by atoms with E-state index in [2.05, 4.69) is 218 Å². The molecule has 8 aromatic heterocycles. The molecular weight excluding hydrogens is 1370 g/mol. The van der Waals surface area contributed by atoms with Crippen LogP contribution in [0, 0.1) is 0 Å². The smallest absolute Gasteiger partial charge is 0.142 e. The number of aromatic nitrogens is 8. The Morgan fingerprint density at radius 1 is 0.196 bits per heavy atom. The van der Waals surface area contributed by atoms with Crippen molar-refractivity contribution in [3.05, 3.63) is 402 Å². The van der Waals surface area contributed by atoms with Crippen molar-refractivity contribution in [3.8, 4) is 44.5 Å². The normalized spacial score (nSPS) is 14.6. The number of hydrogen-bond donors (Lipinski definition) is 0. The second-order valence-electron chi connectivity index (χ2n) is 31.6. The molecule has 0 atom stereocenters. The van der Waals surface area contributed by atoms with Crippen LogP contribution < -0.4 is 19.6 Å². The molecule has 0 amide bonds. The van der Waals surface area contributed by atoms with Crippen LogP contribution in [-0.4, -0.2) is 39.9 Å². The predicted octanol–water partition coefficient (Wildman–Crippen LogP) is 21.3. The molecule has 0 saturated carbocycles. The van der Waals surface area contributed by atoms with Gasteiger partial charge in [-0.2, -0.15) is 0 Å². The van der Waals surface area contributed by atoms with Crippen LogP contribution in [-0.2, 0) is 77.0 Å². The van der Waals surface area contributed by atoms with Crippen molar-refractivity contribution < 1.29 is 0 Å². The van der Waals surface area contributed by atoms with Crippen LogP contribution in [0.5, 0.6) is 0 Å². The third kappa shape index (κ3) is 9.05. The molecule has 12 nitrogen and oxygen atoms in total. The summed E-state index contributed by atoms with van der Waals surface area (Å²) < 4.78 is 0. The summed E-state index contributed by atoms with van der Waals surface area (Å²) >= 11 is 0. The topological polar surface area (TPSA) is 116 Å². The first-order chi connectivity index (χ1) is 55.5. The second kappa shape index (κ2) is 23.8. The zero-order valence-corrected chi connectivity index (χ0v) is 61.3. The van der Waals surface area contributed by atoms with Crippen LogP contribution in [0.4, 0.5) is 68.9 Å². The number of hydrogen-bond acceptors (Lipinski definition) is 12. The molecule has 112 heavy (non-hydrogen) atoms. The maximum atomic E-state index is 4.79. The first kappa shape index (κ1) is 62.1. The van der Waals surface area contributed by atoms with Crippen molar-refractivity contribution in [3.63, 3.8) is 0 Å². The fourth-order valence-electron chi connectivity index (χ4n) is 21.2. The minimum atomic E-state index is 0.890. The van der Waals surface area contributed by atoms with E-state index in [1.54, 1.807) is 0 Å². The van der Waals surface area contributed by atoms with Crippen molar-refractivity contribution >= 4 is 68.9 Å². The molecule has 16 aromatic rings. The Labute approximate surface area is 647 Å². The van der Waals surface area contributed by atoms with Gasteiger partial charge in [0.15, 0.2) is 0 Å². The van der Waals surface area contributed by atoms with E-state index in [1.807, 2.05) is 80.2 Å². The van der Waals surface area contributed by atoms with Gasteiger partial charge in [0.1, 0.15) is 29.1 Å². The van der Waals surface area contributed by atoms with E-state index < -0.39 is 0 Å². The average molecular weight is 1440 g/mol. The first-order valence-corrected chi connectivity index (χ1v) is 39.3. The second-order valence-corrected chi connectivity index (χ2v) is 31.6. The number of anilines is 12. The van der Waals surface area contributed by atoms with Crippen molar-refractivity contribution in [2.45, 2.75) is 77.0 Å². The Morgan fingerprint density at radius 3 is 0.955 bits per heavy atom. The summed E-state index contributed by atoms with van der Waals surface area (Å²) in [6.45, 7) is 0. The molecule has 0 fully saturated rings. The first-order valence-electron chi connectivity index (χ1n) is 39.3. The van der Waals surface area contributed by atoms with Crippen LogP contribution in [0.2, 0.25) is 0 Å². The molecule has 8 aromatic carbocycles. The van der Waals surface area contributed by atoms with E-state index >= 15 is 0 Å². The van der Waals surface area contributed by atoms with Gasteiger partial charge < -0.3 is 0 Å². The highest BCUT2D eigenvalue weighted by molar-refractivity contribution is 6.00. The van der Waals surface area contributed by atoms with E-state index in [-0.39, 0.29) is 0 Å². The van der Waals surface area contributed by atoms with Gasteiger partial charge >= 0.3 is 0 Å². The molecule has 0 spiro atoms. The Hall–Kier alpha value is -13.8. The van der Waals surface area contributed by atoms with Crippen molar-refractivity contribution in [1.29, 1.82) is 0 Å². The maximum absolute atomic E-state index is 4.79. The van der Waals surface area contributed by atoms with Crippen LogP contribution in [0.1, 0.15) is 134 Å². The molecule has 12 heteroatoms. The van der Waals surface area contributed by atoms with Gasteiger partial charge in [-0.15, -0.1) is 0 Å². The third-order valence-corrected chi connectivity index (χ3v) is 25.5. The van der Waals surface area contributed by atoms with Crippen LogP contribution in [0.3, 0.4) is 0 Å². The highest BCUT2D eigenvalue weighted by Crippen LogP contribution is 2.60. The lowest BCUT2D eigenvalue weighted by Gasteiger charge is -2.39. The molecule has 16 heterocycles. The van der Waals surface area contributed by atoms with Gasteiger partial charge in [0.05, 0.1) is 51.7 Å². The summed E-state index contributed by atoms with van der Waals surface area (Å²) in [5.41, 5.74) is 53.4. The number of nitrogens with zero attached hydrogens (tertiary/aromatic N) is 12. The summed E-state index contributed by atoms with van der Waals surface area (Å²) in [5.74, 6) is 5.23. The lowest BCUT2D eigenvalue weighted by molar-refractivity contribution is 0.948. The summed E-state index contributed by atoms with van der Waals surface area (Å²) in [7, 11) is 0. The molecule has 528 valence electrons. The fraction of sp³-hybridized carbons (Fsp3) is 0.120. The molecule has 0 radical (unpaired) electrons. The average Bonchev–Trinajstić information content (AvgIpc) is 1.71. The zero-order chi connectivity index (χ0) is 73.0. The Morgan fingerprint density at radius 2 is 0.509 bits per heavy atom. The lowest BCUT2D eigenvalue weighted by atomic mass is 9.83. The van der Waals surface area contributed by atoms with Crippen molar-refractivity contribution in [2.24, 2.45) is 0 Å². The molecular formula is C100H68N12. The van der Waals surface area contributed by atoms with Gasteiger partial charge in [0.25, 0.3) is 0 Å². The number of pyridine rings is 8. The largest absolute Gasteiger partial charge is 0.294 e. The molecule has 12 aliphatic rings. The van der Waals surface area contributed by atoms with E-state index in [4.69, 9.17) is 29.9 Å². The van der Waals surface area contributed by atoms with E-state index in [0.717, 1.165) is 112 Å². The van der Waals surface area contributed by atoms with Gasteiger partial charge in [0.2, 0.25) is 0 Å². The van der Waals surface area contributed by atoms with Gasteiger partial charge in [0, 0.05) is 107 Å². The zero-order valence-electron chi connectivity index (χ0n) is 61.3. The molecule has 0 saturated heterocycles. The molecule has 28 rings (SSSR count). The summed E-state index contributed by atoms with van der Waals surface area (Å²) in [5, 5.41) is 0. The highest BCUT2D eigenvalue weighted by atomic mass is 15.3. The number of rotatable bonds is 0. The van der Waals surface area contributed by atoms with Crippen LogP contribution in [0.15, 0.2) is 268 Å². The standard InChI is InChI=1S/4C25H17N3/c1-2-8-20-15(5-1)11-18-13-19-12-16-6-3-9-26-24(16)28-23(19)21(22(18)20)14-17-7-4-10-27-25(17)28;1-2-7-19-15(5-1)11-17-12-18-14-21-22(8-4-9-26-21)28-24(18)20(23(17)19)13-16-6-3-10-27-25(16)28;1-2-6-20-15(4-1)10-18-12-19-11-16-7-9-26-14-22(16)28-24(19)21(23(18)20)13-17-5-3-8-27-25(17)28;1-2-6-20-15(4-1)10-17-11-18-12-19-14-26-9-7-22(19)28-24(18)21(23(17)20)13-16-5-3-8-27-25(16)28/h1-10,13H,11-12,14H2;1-10,12H,11,13-14H2;1-9,12,14H,10-11,13H2;1-9,11,14H,10,12-13H2. The Bertz CT molecular complexity index is 5990. The lowest BCUT2D eigenvalue weighted by Crippen LogP contribution is -2.27. The quantitative estimate of drug-likeness (QED) is 0.144. The van der Waals surface area contributed by atoms with Gasteiger partial charge in [-0.3, -0.25) is 34.6 Å². The van der Waals surface area contributed by atoms with Crippen molar-refractivity contribution in [1.82, 2.24) is 39.9 Å². The monoisotopic (exact) mass is 1440 g/mol. The van der Waals surface area contributed by atoms with E-state index in [9.17, 15) is 0 Å². The number of fused-ring (bicyclic) bond motifs is 32. The van der Waals surface area contributed by atoms with Crippen LogP contribution >= 0.6 is 0 Å². The number of benzene rings is 8. The Balaban J connectivity index is 0.0000000847. The Kier molecular flexibility index (Phi) is 13.2. The predicted molar refractivity (Wildman–Crippen MR) is 442 cm³/mol. The van der Waals surface area contributed by atoms with Gasteiger partial charge in [-0.25, -0.2) is 24.9 Å². The molecule has 0 bridgehead atoms. The van der Waals surface area contributed by atoms with Gasteiger partial charge in [-0.1, -0.05) is 152 Å². The van der Waals surface area contributed by atoms with E-state index in [0.29, 0.717) is 0 Å². The fourth-order valence-corrected chi connectivity index (χ4v) is 21.2.